The van der Waals surface area contributed by atoms with Crippen LogP contribution in [0.2, 0.25) is 0 Å². The Bertz CT molecular complexity index is 588. The highest BCUT2D eigenvalue weighted by atomic mass is 15.4. The second kappa shape index (κ2) is 5.51. The Morgan fingerprint density at radius 2 is 1.89 bits per heavy atom. The van der Waals surface area contributed by atoms with Crippen LogP contribution >= 0.6 is 0 Å². The summed E-state index contributed by atoms with van der Waals surface area (Å²) in [5.41, 5.74) is 4.68. The number of hydrogen-bond donors (Lipinski definition) is 2. The SMILES string of the molecule is C=CC(C)Nc1ncnc2ncn(NC(C)C=C)c12. The second-order valence-electron chi connectivity index (χ2n) is 4.33. The summed E-state index contributed by atoms with van der Waals surface area (Å²) in [6.45, 7) is 11.5. The first kappa shape index (κ1) is 13.1. The van der Waals surface area contributed by atoms with Gasteiger partial charge in [0.15, 0.2) is 17.0 Å². The van der Waals surface area contributed by atoms with E-state index in [1.165, 1.54) is 6.33 Å². The molecule has 0 spiro atoms. The lowest BCUT2D eigenvalue weighted by molar-refractivity contribution is 0.800. The normalized spacial score (nSPS) is 13.8. The topological polar surface area (TPSA) is 67.7 Å². The second-order valence-corrected chi connectivity index (χ2v) is 4.33. The fourth-order valence-corrected chi connectivity index (χ4v) is 1.61. The van der Waals surface area contributed by atoms with E-state index in [0.717, 1.165) is 11.3 Å². The van der Waals surface area contributed by atoms with Crippen molar-refractivity contribution in [3.05, 3.63) is 38.0 Å². The van der Waals surface area contributed by atoms with Crippen LogP contribution in [0, 0.1) is 0 Å². The summed E-state index contributed by atoms with van der Waals surface area (Å²) < 4.78 is 1.81. The molecule has 2 atom stereocenters. The minimum atomic E-state index is 0.110. The molecule has 6 nitrogen and oxygen atoms in total. The van der Waals surface area contributed by atoms with Gasteiger partial charge in [0.2, 0.25) is 0 Å². The van der Waals surface area contributed by atoms with Crippen molar-refractivity contribution < 1.29 is 0 Å². The Labute approximate surface area is 112 Å². The molecule has 0 saturated carbocycles. The molecule has 100 valence electrons. The van der Waals surface area contributed by atoms with Crippen molar-refractivity contribution in [2.45, 2.75) is 25.9 Å². The number of aromatic nitrogens is 4. The molecule has 0 saturated heterocycles. The third kappa shape index (κ3) is 2.73. The van der Waals surface area contributed by atoms with Crippen LogP contribution in [-0.2, 0) is 0 Å². The van der Waals surface area contributed by atoms with E-state index in [1.807, 2.05) is 26.0 Å². The van der Waals surface area contributed by atoms with Crippen molar-refractivity contribution >= 4 is 17.0 Å². The standard InChI is InChI=1S/C13H18N6/c1-5-9(3)17-13-11-12(14-7-15-13)16-8-19(11)18-10(4)6-2/h5-10,18H,1-2H2,3-4H3,(H,14,15,17). The molecule has 2 N–H and O–H groups in total. The van der Waals surface area contributed by atoms with E-state index in [9.17, 15) is 0 Å². The van der Waals surface area contributed by atoms with Crippen LogP contribution in [0.3, 0.4) is 0 Å². The summed E-state index contributed by atoms with van der Waals surface area (Å²) >= 11 is 0. The van der Waals surface area contributed by atoms with Gasteiger partial charge in [0.25, 0.3) is 0 Å². The molecular weight excluding hydrogens is 240 g/mol. The van der Waals surface area contributed by atoms with Crippen LogP contribution in [0.5, 0.6) is 0 Å². The zero-order valence-corrected chi connectivity index (χ0v) is 11.2. The number of nitrogens with zero attached hydrogens (tertiary/aromatic N) is 4. The molecule has 0 radical (unpaired) electrons. The Balaban J connectivity index is 2.42. The number of rotatable bonds is 6. The average Bonchev–Trinajstić information content (AvgIpc) is 2.82. The van der Waals surface area contributed by atoms with E-state index in [2.05, 4.69) is 38.9 Å². The van der Waals surface area contributed by atoms with Crippen molar-refractivity contribution in [2.24, 2.45) is 0 Å². The van der Waals surface area contributed by atoms with Crippen molar-refractivity contribution in [2.75, 3.05) is 10.7 Å². The first-order valence-electron chi connectivity index (χ1n) is 6.12. The predicted molar refractivity (Wildman–Crippen MR) is 77.6 cm³/mol. The largest absolute Gasteiger partial charge is 0.362 e. The van der Waals surface area contributed by atoms with E-state index in [1.54, 1.807) is 11.0 Å². The maximum atomic E-state index is 4.26. The number of nitrogens with one attached hydrogen (secondary N) is 2. The maximum absolute atomic E-state index is 4.26. The molecule has 2 rings (SSSR count). The molecule has 0 aliphatic rings. The average molecular weight is 258 g/mol. The molecule has 0 aliphatic heterocycles. The van der Waals surface area contributed by atoms with E-state index in [-0.39, 0.29) is 12.1 Å². The molecule has 2 aromatic heterocycles. The molecule has 2 aromatic rings. The highest BCUT2D eigenvalue weighted by molar-refractivity contribution is 5.83. The smallest absolute Gasteiger partial charge is 0.185 e. The van der Waals surface area contributed by atoms with Crippen LogP contribution in [-0.4, -0.2) is 31.7 Å². The quantitative estimate of drug-likeness (QED) is 0.775. The van der Waals surface area contributed by atoms with Gasteiger partial charge in [0.1, 0.15) is 12.7 Å². The number of hydrogen-bond acceptors (Lipinski definition) is 5. The molecule has 0 fully saturated rings. The van der Waals surface area contributed by atoms with Crippen molar-refractivity contribution in [3.8, 4) is 0 Å². The van der Waals surface area contributed by atoms with Crippen LogP contribution in [0.15, 0.2) is 38.0 Å². The van der Waals surface area contributed by atoms with Gasteiger partial charge >= 0.3 is 0 Å². The van der Waals surface area contributed by atoms with Gasteiger partial charge in [-0.3, -0.25) is 0 Å². The molecule has 0 aromatic carbocycles. The van der Waals surface area contributed by atoms with Crippen LogP contribution < -0.4 is 10.7 Å². The first-order valence-corrected chi connectivity index (χ1v) is 6.12. The summed E-state index contributed by atoms with van der Waals surface area (Å²) in [4.78, 5) is 12.7. The van der Waals surface area contributed by atoms with Gasteiger partial charge in [-0.2, -0.15) is 0 Å². The number of anilines is 1. The third-order valence-electron chi connectivity index (χ3n) is 2.75. The summed E-state index contributed by atoms with van der Waals surface area (Å²) in [6.07, 6.45) is 6.81. The molecule has 2 heterocycles. The fraction of sp³-hybridized carbons (Fsp3) is 0.308. The molecule has 0 bridgehead atoms. The molecule has 6 heteroatoms. The van der Waals surface area contributed by atoms with Gasteiger partial charge in [-0.25, -0.2) is 19.6 Å². The van der Waals surface area contributed by atoms with E-state index < -0.39 is 0 Å². The Morgan fingerprint density at radius 1 is 1.16 bits per heavy atom. The fourth-order valence-electron chi connectivity index (χ4n) is 1.61. The van der Waals surface area contributed by atoms with E-state index in [4.69, 9.17) is 0 Å². The monoisotopic (exact) mass is 258 g/mol. The van der Waals surface area contributed by atoms with Gasteiger partial charge in [-0.1, -0.05) is 12.2 Å². The zero-order chi connectivity index (χ0) is 13.8. The highest BCUT2D eigenvalue weighted by Gasteiger charge is 2.12. The maximum Gasteiger partial charge on any atom is 0.185 e. The lowest BCUT2D eigenvalue weighted by Crippen LogP contribution is -2.23. The zero-order valence-electron chi connectivity index (χ0n) is 11.2. The Kier molecular flexibility index (Phi) is 3.79. The van der Waals surface area contributed by atoms with Crippen LogP contribution in [0.4, 0.5) is 5.82 Å². The van der Waals surface area contributed by atoms with Crippen molar-refractivity contribution in [1.29, 1.82) is 0 Å². The summed E-state index contributed by atoms with van der Waals surface area (Å²) in [6, 6.07) is 0.223. The minimum absolute atomic E-state index is 0.110. The molecule has 0 amide bonds. The van der Waals surface area contributed by atoms with Crippen molar-refractivity contribution in [1.82, 2.24) is 19.6 Å². The Morgan fingerprint density at radius 3 is 2.58 bits per heavy atom. The third-order valence-corrected chi connectivity index (χ3v) is 2.75. The first-order chi connectivity index (χ1) is 9.15. The van der Waals surface area contributed by atoms with Crippen molar-refractivity contribution in [3.63, 3.8) is 0 Å². The molecule has 0 aliphatic carbocycles. The van der Waals surface area contributed by atoms with E-state index >= 15 is 0 Å². The van der Waals surface area contributed by atoms with Gasteiger partial charge in [-0.15, -0.1) is 13.2 Å². The predicted octanol–water partition coefficient (Wildman–Crippen LogP) is 1.93. The number of fused-ring (bicyclic) bond motifs is 1. The summed E-state index contributed by atoms with van der Waals surface area (Å²) in [5, 5.41) is 3.26. The lowest BCUT2D eigenvalue weighted by atomic mass is 10.3. The minimum Gasteiger partial charge on any atom is -0.362 e. The molecule has 2 unspecified atom stereocenters. The van der Waals surface area contributed by atoms with E-state index in [0.29, 0.717) is 5.65 Å². The molecular formula is C13H18N6. The molecule has 19 heavy (non-hydrogen) atoms. The summed E-state index contributed by atoms with van der Waals surface area (Å²) in [5.74, 6) is 0.721. The van der Waals surface area contributed by atoms with Gasteiger partial charge in [-0.05, 0) is 13.8 Å². The Hall–Kier alpha value is -2.37. The van der Waals surface area contributed by atoms with Gasteiger partial charge < -0.3 is 10.7 Å². The number of imidazole rings is 1. The van der Waals surface area contributed by atoms with Gasteiger partial charge in [0.05, 0.1) is 6.04 Å². The summed E-state index contributed by atoms with van der Waals surface area (Å²) in [7, 11) is 0. The van der Waals surface area contributed by atoms with Crippen LogP contribution in [0.1, 0.15) is 13.8 Å². The van der Waals surface area contributed by atoms with Crippen LogP contribution in [0.25, 0.3) is 11.2 Å². The lowest BCUT2D eigenvalue weighted by Gasteiger charge is -2.15. The van der Waals surface area contributed by atoms with Gasteiger partial charge in [0, 0.05) is 6.04 Å². The highest BCUT2D eigenvalue weighted by Crippen LogP contribution is 2.18.